The summed E-state index contributed by atoms with van der Waals surface area (Å²) in [5, 5.41) is 1.51. The number of sulfonamides is 1. The molecule has 0 bridgehead atoms. The van der Waals surface area contributed by atoms with Crippen molar-refractivity contribution in [1.29, 1.82) is 0 Å². The maximum atomic E-state index is 12.9. The highest BCUT2D eigenvalue weighted by molar-refractivity contribution is 7.90. The van der Waals surface area contributed by atoms with Crippen LogP contribution in [-0.4, -0.2) is 47.5 Å². The molecule has 0 unspecified atom stereocenters. The van der Waals surface area contributed by atoms with Crippen LogP contribution >= 0.6 is 11.3 Å². The van der Waals surface area contributed by atoms with Gasteiger partial charge in [0.05, 0.1) is 12.0 Å². The smallest absolute Gasteiger partial charge is 0.349 e. The van der Waals surface area contributed by atoms with Crippen molar-refractivity contribution in [2.45, 2.75) is 22.8 Å². The van der Waals surface area contributed by atoms with Crippen molar-refractivity contribution in [3.8, 4) is 0 Å². The minimum atomic E-state index is -3.94. The molecule has 0 aliphatic rings. The van der Waals surface area contributed by atoms with Gasteiger partial charge < -0.3 is 4.74 Å². The third-order valence-electron chi connectivity index (χ3n) is 3.99. The zero-order valence-electron chi connectivity index (χ0n) is 14.7. The molecule has 0 radical (unpaired) electrons. The number of hydrogen-bond acceptors (Lipinski definition) is 7. The van der Waals surface area contributed by atoms with E-state index in [0.717, 1.165) is 21.9 Å². The van der Waals surface area contributed by atoms with Crippen LogP contribution in [0.15, 0.2) is 45.5 Å². The first-order valence-corrected chi connectivity index (χ1v) is 11.6. The van der Waals surface area contributed by atoms with Crippen molar-refractivity contribution in [2.24, 2.45) is 0 Å². The second-order valence-electron chi connectivity index (χ2n) is 5.64. The monoisotopic (exact) mass is 417 g/mol. The Morgan fingerprint density at radius 3 is 2.19 bits per heavy atom. The van der Waals surface area contributed by atoms with Crippen LogP contribution < -0.4 is 0 Å². The number of sulfone groups is 1. The Morgan fingerprint density at radius 1 is 1.12 bits per heavy atom. The highest BCUT2D eigenvalue weighted by atomic mass is 32.2. The molecule has 10 heteroatoms. The first-order chi connectivity index (χ1) is 12.0. The molecular formula is C16H19NO6S3. The Hall–Kier alpha value is -1.75. The van der Waals surface area contributed by atoms with Crippen molar-refractivity contribution in [1.82, 2.24) is 4.31 Å². The van der Waals surface area contributed by atoms with Gasteiger partial charge in [-0.3, -0.25) is 0 Å². The van der Waals surface area contributed by atoms with Crippen LogP contribution in [0.5, 0.6) is 0 Å². The van der Waals surface area contributed by atoms with E-state index in [0.29, 0.717) is 5.56 Å². The summed E-state index contributed by atoms with van der Waals surface area (Å²) in [6.45, 7) is 1.68. The molecular weight excluding hydrogens is 398 g/mol. The summed E-state index contributed by atoms with van der Waals surface area (Å²) >= 11 is 0.992. The minimum Gasteiger partial charge on any atom is -0.465 e. The summed E-state index contributed by atoms with van der Waals surface area (Å²) in [4.78, 5) is 11.8. The number of thiophene rings is 1. The molecule has 26 heavy (non-hydrogen) atoms. The van der Waals surface area contributed by atoms with Crippen LogP contribution in [-0.2, 0) is 24.6 Å². The quantitative estimate of drug-likeness (QED) is 0.669. The van der Waals surface area contributed by atoms with Crippen molar-refractivity contribution < 1.29 is 26.4 Å². The van der Waals surface area contributed by atoms with E-state index in [1.807, 2.05) is 0 Å². The Labute approximate surface area is 157 Å². The summed E-state index contributed by atoms with van der Waals surface area (Å²) in [7, 11) is -4.68. The molecule has 2 aromatic rings. The van der Waals surface area contributed by atoms with E-state index in [-0.39, 0.29) is 14.7 Å². The van der Waals surface area contributed by atoms with Crippen LogP contribution in [0.3, 0.4) is 0 Å². The van der Waals surface area contributed by atoms with E-state index in [9.17, 15) is 21.6 Å². The first kappa shape index (κ1) is 20.6. The Kier molecular flexibility index (Phi) is 5.91. The molecule has 142 valence electrons. The number of carbonyl (C=O) groups is 1. The van der Waals surface area contributed by atoms with E-state index in [4.69, 9.17) is 0 Å². The molecule has 7 nitrogen and oxygen atoms in total. The molecule has 0 fully saturated rings. The van der Waals surface area contributed by atoms with Gasteiger partial charge in [0, 0.05) is 19.3 Å². The molecule has 0 aliphatic carbocycles. The Morgan fingerprint density at radius 2 is 1.69 bits per heavy atom. The van der Waals surface area contributed by atoms with E-state index in [2.05, 4.69) is 4.74 Å². The molecule has 1 aromatic carbocycles. The number of benzene rings is 1. The molecule has 2 rings (SSSR count). The molecule has 0 amide bonds. The lowest BCUT2D eigenvalue weighted by Crippen LogP contribution is -2.30. The Balaban J connectivity index is 2.37. The van der Waals surface area contributed by atoms with Crippen molar-refractivity contribution in [3.05, 3.63) is 46.2 Å². The van der Waals surface area contributed by atoms with Gasteiger partial charge in [0.1, 0.15) is 9.77 Å². The third-order valence-corrected chi connectivity index (χ3v) is 8.12. The summed E-state index contributed by atoms with van der Waals surface area (Å²) in [6.07, 6.45) is 1.10. The summed E-state index contributed by atoms with van der Waals surface area (Å²) < 4.78 is 54.7. The second kappa shape index (κ2) is 7.47. The molecule has 1 heterocycles. The largest absolute Gasteiger partial charge is 0.465 e. The topological polar surface area (TPSA) is 97.8 Å². The van der Waals surface area contributed by atoms with E-state index in [1.54, 1.807) is 19.1 Å². The zero-order valence-corrected chi connectivity index (χ0v) is 17.1. The van der Waals surface area contributed by atoms with Gasteiger partial charge in [0.2, 0.25) is 10.0 Å². The van der Waals surface area contributed by atoms with Crippen LogP contribution in [0.25, 0.3) is 0 Å². The number of carbonyl (C=O) groups excluding carboxylic acids is 1. The second-order valence-corrected chi connectivity index (χ2v) is 10.5. The minimum absolute atomic E-state index is 0.0129. The van der Waals surface area contributed by atoms with Crippen LogP contribution in [0, 0.1) is 0 Å². The highest BCUT2D eigenvalue weighted by Gasteiger charge is 2.31. The molecule has 0 N–H and O–H groups in total. The summed E-state index contributed by atoms with van der Waals surface area (Å²) in [6, 6.07) is 6.81. The summed E-state index contributed by atoms with van der Waals surface area (Å²) in [5.41, 5.74) is 0.623. The van der Waals surface area contributed by atoms with Gasteiger partial charge in [-0.15, -0.1) is 11.3 Å². The third kappa shape index (κ3) is 3.98. The van der Waals surface area contributed by atoms with Gasteiger partial charge in [-0.25, -0.2) is 21.6 Å². The SMILES string of the molecule is COC(=O)c1sccc1S(=O)(=O)N(C)[C@@H](C)c1ccc(S(C)(=O)=O)cc1. The molecule has 1 aromatic heterocycles. The molecule has 0 aliphatic heterocycles. The number of ether oxygens (including phenoxy) is 1. The number of nitrogens with zero attached hydrogens (tertiary/aromatic N) is 1. The van der Waals surface area contributed by atoms with E-state index < -0.39 is 31.9 Å². The predicted molar refractivity (Wildman–Crippen MR) is 98.6 cm³/mol. The maximum Gasteiger partial charge on any atom is 0.349 e. The first-order valence-electron chi connectivity index (χ1n) is 7.44. The molecule has 0 spiro atoms. The fraction of sp³-hybridized carbons (Fsp3) is 0.312. The average molecular weight is 418 g/mol. The predicted octanol–water partition coefficient (Wildman–Crippen LogP) is 2.32. The van der Waals surface area contributed by atoms with Gasteiger partial charge in [0.15, 0.2) is 9.84 Å². The van der Waals surface area contributed by atoms with Gasteiger partial charge in [-0.05, 0) is 36.1 Å². The van der Waals surface area contributed by atoms with Gasteiger partial charge in [-0.1, -0.05) is 12.1 Å². The normalized spacial score (nSPS) is 13.6. The maximum absolute atomic E-state index is 12.9. The van der Waals surface area contributed by atoms with Crippen molar-refractivity contribution in [3.63, 3.8) is 0 Å². The van der Waals surface area contributed by atoms with Gasteiger partial charge in [0.25, 0.3) is 0 Å². The number of methoxy groups -OCH3 is 1. The fourth-order valence-corrected chi connectivity index (χ4v) is 5.60. The molecule has 0 saturated heterocycles. The molecule has 0 saturated carbocycles. The van der Waals surface area contributed by atoms with Crippen LogP contribution in [0.2, 0.25) is 0 Å². The highest BCUT2D eigenvalue weighted by Crippen LogP contribution is 2.30. The van der Waals surface area contributed by atoms with Gasteiger partial charge in [-0.2, -0.15) is 4.31 Å². The van der Waals surface area contributed by atoms with E-state index >= 15 is 0 Å². The fourth-order valence-electron chi connectivity index (χ4n) is 2.31. The lowest BCUT2D eigenvalue weighted by atomic mass is 10.1. The lowest BCUT2D eigenvalue weighted by molar-refractivity contribution is 0.0602. The standard InChI is InChI=1S/C16H19NO6S3/c1-11(12-5-7-13(8-6-12)25(4,19)20)17(2)26(21,22)14-9-10-24-15(14)16(18)23-3/h5-11H,1-4H3/t11-/m0/s1. The van der Waals surface area contributed by atoms with Crippen molar-refractivity contribution >= 4 is 37.2 Å². The summed E-state index contributed by atoms with van der Waals surface area (Å²) in [5.74, 6) is -0.711. The Bertz CT molecular complexity index is 1010. The van der Waals surface area contributed by atoms with Crippen molar-refractivity contribution in [2.75, 3.05) is 20.4 Å². The number of rotatable bonds is 6. The average Bonchev–Trinajstić information content (AvgIpc) is 3.09. The zero-order chi connectivity index (χ0) is 19.7. The van der Waals surface area contributed by atoms with E-state index in [1.165, 1.54) is 37.7 Å². The lowest BCUT2D eigenvalue weighted by Gasteiger charge is -2.24. The van der Waals surface area contributed by atoms with Crippen LogP contribution in [0.4, 0.5) is 0 Å². The van der Waals surface area contributed by atoms with Gasteiger partial charge >= 0.3 is 5.97 Å². The number of hydrogen-bond donors (Lipinski definition) is 0. The van der Waals surface area contributed by atoms with Crippen LogP contribution in [0.1, 0.15) is 28.2 Å². The molecule has 1 atom stereocenters. The number of esters is 1.